The first-order chi connectivity index (χ1) is 9.22. The average Bonchev–Trinajstić information content (AvgIpc) is 3.17. The lowest BCUT2D eigenvalue weighted by Crippen LogP contribution is -1.95. The van der Waals surface area contributed by atoms with E-state index in [9.17, 15) is 4.79 Å². The van der Waals surface area contributed by atoms with Gasteiger partial charge in [-0.05, 0) is 38.2 Å². The Labute approximate surface area is 119 Å². The third-order valence-corrected chi connectivity index (χ3v) is 4.06. The fourth-order valence-corrected chi connectivity index (χ4v) is 2.57. The molecule has 0 unspecified atom stereocenters. The summed E-state index contributed by atoms with van der Waals surface area (Å²) in [6.45, 7) is 4.37. The maximum absolute atomic E-state index is 11.8. The standard InChI is InChI=1S/C18H32O/c1-3-4-5-6-7-8-10-16(2)15-18(19)12-9-11-17-13-14-17/h15,17H,3-14H2,1-2H3/b16-15+. The average molecular weight is 264 g/mol. The molecule has 0 aliphatic heterocycles. The van der Waals surface area contributed by atoms with Crippen LogP contribution in [-0.4, -0.2) is 5.78 Å². The van der Waals surface area contributed by atoms with Crippen LogP contribution in [0.25, 0.3) is 0 Å². The highest BCUT2D eigenvalue weighted by Crippen LogP contribution is 2.33. The summed E-state index contributed by atoms with van der Waals surface area (Å²) < 4.78 is 0. The highest BCUT2D eigenvalue weighted by Gasteiger charge is 2.20. The van der Waals surface area contributed by atoms with Crippen molar-refractivity contribution in [3.05, 3.63) is 11.6 Å². The topological polar surface area (TPSA) is 17.1 Å². The molecule has 19 heavy (non-hydrogen) atoms. The minimum absolute atomic E-state index is 0.351. The number of rotatable bonds is 12. The van der Waals surface area contributed by atoms with Crippen molar-refractivity contribution in [2.45, 2.75) is 90.9 Å². The molecule has 1 heteroatoms. The predicted octanol–water partition coefficient (Wildman–Crippen LogP) is 5.83. The van der Waals surface area contributed by atoms with Crippen molar-refractivity contribution in [1.29, 1.82) is 0 Å². The summed E-state index contributed by atoms with van der Waals surface area (Å²) in [5, 5.41) is 0. The molecular weight excluding hydrogens is 232 g/mol. The first-order valence-electron chi connectivity index (χ1n) is 8.42. The Morgan fingerprint density at radius 1 is 1.00 bits per heavy atom. The van der Waals surface area contributed by atoms with E-state index in [0.717, 1.165) is 25.2 Å². The Kier molecular flexibility index (Phi) is 8.86. The van der Waals surface area contributed by atoms with Crippen LogP contribution in [0.1, 0.15) is 90.9 Å². The van der Waals surface area contributed by atoms with Gasteiger partial charge in [0.05, 0.1) is 0 Å². The van der Waals surface area contributed by atoms with E-state index in [2.05, 4.69) is 13.8 Å². The van der Waals surface area contributed by atoms with E-state index in [4.69, 9.17) is 0 Å². The van der Waals surface area contributed by atoms with Crippen LogP contribution < -0.4 is 0 Å². The monoisotopic (exact) mass is 264 g/mol. The number of carbonyl (C=O) groups excluding carboxylic acids is 1. The quantitative estimate of drug-likeness (QED) is 0.320. The Balaban J connectivity index is 1.97. The summed E-state index contributed by atoms with van der Waals surface area (Å²) in [6.07, 6.45) is 17.0. The van der Waals surface area contributed by atoms with Crippen molar-refractivity contribution in [1.82, 2.24) is 0 Å². The van der Waals surface area contributed by atoms with Crippen molar-refractivity contribution in [3.8, 4) is 0 Å². The lowest BCUT2D eigenvalue weighted by molar-refractivity contribution is -0.114. The van der Waals surface area contributed by atoms with Crippen molar-refractivity contribution in [2.75, 3.05) is 0 Å². The molecule has 0 aromatic rings. The summed E-state index contributed by atoms with van der Waals surface area (Å²) in [7, 11) is 0. The van der Waals surface area contributed by atoms with E-state index in [1.165, 1.54) is 63.4 Å². The zero-order valence-electron chi connectivity index (χ0n) is 13.0. The van der Waals surface area contributed by atoms with Crippen LogP contribution >= 0.6 is 0 Å². The van der Waals surface area contributed by atoms with E-state index in [-0.39, 0.29) is 0 Å². The molecule has 0 bridgehead atoms. The number of unbranched alkanes of at least 4 members (excludes halogenated alkanes) is 5. The number of hydrogen-bond acceptors (Lipinski definition) is 1. The van der Waals surface area contributed by atoms with Gasteiger partial charge in [-0.3, -0.25) is 4.79 Å². The van der Waals surface area contributed by atoms with Gasteiger partial charge in [0.25, 0.3) is 0 Å². The third kappa shape index (κ3) is 9.92. The number of carbonyl (C=O) groups is 1. The van der Waals surface area contributed by atoms with Crippen molar-refractivity contribution < 1.29 is 4.79 Å². The Hall–Kier alpha value is -0.590. The molecule has 0 saturated heterocycles. The Morgan fingerprint density at radius 2 is 1.68 bits per heavy atom. The molecule has 1 fully saturated rings. The maximum Gasteiger partial charge on any atom is 0.155 e. The molecular formula is C18H32O. The normalized spacial score (nSPS) is 15.8. The highest BCUT2D eigenvalue weighted by atomic mass is 16.1. The van der Waals surface area contributed by atoms with Crippen LogP contribution in [-0.2, 0) is 4.79 Å². The SMILES string of the molecule is CCCCCCCC/C(C)=C/C(=O)CCCC1CC1. The molecule has 1 aliphatic carbocycles. The molecule has 0 heterocycles. The molecule has 0 radical (unpaired) electrons. The second-order valence-electron chi connectivity index (χ2n) is 6.31. The largest absolute Gasteiger partial charge is 0.295 e. The predicted molar refractivity (Wildman–Crippen MR) is 83.3 cm³/mol. The lowest BCUT2D eigenvalue weighted by Gasteiger charge is -2.02. The van der Waals surface area contributed by atoms with Crippen molar-refractivity contribution in [3.63, 3.8) is 0 Å². The van der Waals surface area contributed by atoms with Crippen LogP contribution in [0.5, 0.6) is 0 Å². The molecule has 0 amide bonds. The summed E-state index contributed by atoms with van der Waals surface area (Å²) >= 11 is 0. The molecule has 1 rings (SSSR count). The summed E-state index contributed by atoms with van der Waals surface area (Å²) in [6, 6.07) is 0. The van der Waals surface area contributed by atoms with Gasteiger partial charge in [-0.15, -0.1) is 0 Å². The van der Waals surface area contributed by atoms with Gasteiger partial charge in [0, 0.05) is 6.42 Å². The maximum atomic E-state index is 11.8. The van der Waals surface area contributed by atoms with Crippen LogP contribution in [0.4, 0.5) is 0 Å². The highest BCUT2D eigenvalue weighted by molar-refractivity contribution is 5.90. The molecule has 0 spiro atoms. The van der Waals surface area contributed by atoms with Crippen LogP contribution in [0, 0.1) is 5.92 Å². The second kappa shape index (κ2) is 10.2. The van der Waals surface area contributed by atoms with Gasteiger partial charge >= 0.3 is 0 Å². The molecule has 1 aliphatic rings. The van der Waals surface area contributed by atoms with Gasteiger partial charge < -0.3 is 0 Å². The lowest BCUT2D eigenvalue weighted by atomic mass is 10.0. The third-order valence-electron chi connectivity index (χ3n) is 4.06. The van der Waals surface area contributed by atoms with Gasteiger partial charge in [0.15, 0.2) is 5.78 Å². The molecule has 0 aromatic carbocycles. The number of ketones is 1. The van der Waals surface area contributed by atoms with Crippen molar-refractivity contribution >= 4 is 5.78 Å². The van der Waals surface area contributed by atoms with E-state index in [0.29, 0.717) is 5.78 Å². The molecule has 110 valence electrons. The van der Waals surface area contributed by atoms with Crippen molar-refractivity contribution in [2.24, 2.45) is 5.92 Å². The summed E-state index contributed by atoms with van der Waals surface area (Å²) in [5.74, 6) is 1.31. The zero-order chi connectivity index (χ0) is 13.9. The molecule has 1 saturated carbocycles. The van der Waals surface area contributed by atoms with E-state index < -0.39 is 0 Å². The van der Waals surface area contributed by atoms with Crippen LogP contribution in [0.2, 0.25) is 0 Å². The van der Waals surface area contributed by atoms with Gasteiger partial charge in [-0.25, -0.2) is 0 Å². The van der Waals surface area contributed by atoms with Gasteiger partial charge in [0.2, 0.25) is 0 Å². The minimum atomic E-state index is 0.351. The van der Waals surface area contributed by atoms with Gasteiger partial charge in [-0.1, -0.05) is 63.9 Å². The molecule has 0 aromatic heterocycles. The molecule has 0 atom stereocenters. The van der Waals surface area contributed by atoms with E-state index in [1.54, 1.807) is 0 Å². The van der Waals surface area contributed by atoms with Gasteiger partial charge in [-0.2, -0.15) is 0 Å². The second-order valence-corrected chi connectivity index (χ2v) is 6.31. The number of hydrogen-bond donors (Lipinski definition) is 0. The first kappa shape index (κ1) is 16.5. The molecule has 1 nitrogen and oxygen atoms in total. The Morgan fingerprint density at radius 3 is 2.37 bits per heavy atom. The van der Waals surface area contributed by atoms with Crippen LogP contribution in [0.3, 0.4) is 0 Å². The van der Waals surface area contributed by atoms with Crippen LogP contribution in [0.15, 0.2) is 11.6 Å². The smallest absolute Gasteiger partial charge is 0.155 e. The number of allylic oxidation sites excluding steroid dienone is 2. The summed E-state index contributed by atoms with van der Waals surface area (Å²) in [4.78, 5) is 11.8. The summed E-state index contributed by atoms with van der Waals surface area (Å²) in [5.41, 5.74) is 1.28. The fraction of sp³-hybridized carbons (Fsp3) is 0.833. The van der Waals surface area contributed by atoms with E-state index >= 15 is 0 Å². The first-order valence-corrected chi connectivity index (χ1v) is 8.42. The fourth-order valence-electron chi connectivity index (χ4n) is 2.57. The van der Waals surface area contributed by atoms with E-state index in [1.807, 2.05) is 6.08 Å². The minimum Gasteiger partial charge on any atom is -0.295 e. The van der Waals surface area contributed by atoms with Gasteiger partial charge in [0.1, 0.15) is 0 Å². The Bertz CT molecular complexity index is 273. The zero-order valence-corrected chi connectivity index (χ0v) is 13.0. The molecule has 0 N–H and O–H groups in total.